The van der Waals surface area contributed by atoms with E-state index in [1.165, 1.54) is 12.1 Å². The molecule has 2 aromatic heterocycles. The molecule has 2 unspecified atom stereocenters. The van der Waals surface area contributed by atoms with Crippen LogP contribution in [0, 0.1) is 25.7 Å². The second kappa shape index (κ2) is 46.3. The molecule has 0 fully saturated rings. The molecular formula is C88H108BF2N10O21S4+. The van der Waals surface area contributed by atoms with Gasteiger partial charge in [-0.2, -0.15) is 8.42 Å². The maximum Gasteiger partial charge on any atom is 0.737 e. The van der Waals surface area contributed by atoms with E-state index in [0.717, 1.165) is 48.0 Å². The summed E-state index contributed by atoms with van der Waals surface area (Å²) in [6.07, 6.45) is 0.902. The number of carboxylic acid groups (broad SMARTS) is 3. The van der Waals surface area contributed by atoms with Gasteiger partial charge in [0.1, 0.15) is 22.4 Å². The monoisotopic (exact) mass is 1820 g/mol. The van der Waals surface area contributed by atoms with E-state index in [0.29, 0.717) is 87.5 Å². The molecule has 10 N–H and O–H groups in total. The lowest BCUT2D eigenvalue weighted by Gasteiger charge is -2.30. The number of unbranched alkanes of at least 4 members (excludes halogenated alkanes) is 2. The van der Waals surface area contributed by atoms with E-state index in [9.17, 15) is 79.5 Å². The second-order valence-corrected chi connectivity index (χ2v) is 36.6. The number of amides is 5. The number of halogens is 2. The molecule has 0 bridgehead atoms. The molecule has 0 aliphatic carbocycles. The maximum atomic E-state index is 16.2. The van der Waals surface area contributed by atoms with Gasteiger partial charge in [-0.3, -0.25) is 47.7 Å². The van der Waals surface area contributed by atoms with E-state index < -0.39 is 151 Å². The van der Waals surface area contributed by atoms with E-state index >= 15 is 13.4 Å². The summed E-state index contributed by atoms with van der Waals surface area (Å²) in [7, 11) is -7.56. The van der Waals surface area contributed by atoms with Crippen LogP contribution in [0.1, 0.15) is 152 Å². The molecule has 2 aliphatic heterocycles. The average Bonchev–Trinajstić information content (AvgIpc) is 1.51. The van der Waals surface area contributed by atoms with Crippen LogP contribution in [0.3, 0.4) is 0 Å². The van der Waals surface area contributed by atoms with Gasteiger partial charge in [-0.1, -0.05) is 88.3 Å². The lowest BCUT2D eigenvalue weighted by atomic mass is 9.88. The fraction of sp³-hybridized carbons (Fsp3) is 0.420. The largest absolute Gasteiger partial charge is 0.737 e. The summed E-state index contributed by atoms with van der Waals surface area (Å²) >= 11 is 0. The van der Waals surface area contributed by atoms with Crippen LogP contribution in [-0.4, -0.2) is 199 Å². The summed E-state index contributed by atoms with van der Waals surface area (Å²) in [4.78, 5) is 148. The number of ketones is 3. The Bertz CT molecular complexity index is 5410. The van der Waals surface area contributed by atoms with E-state index in [1.54, 1.807) is 111 Å². The third-order valence-corrected chi connectivity index (χ3v) is 26.9. The summed E-state index contributed by atoms with van der Waals surface area (Å²) in [5.41, 5.74) is 6.17. The number of carbonyl (C=O) groups excluding carboxylic acids is 8. The second-order valence-electron chi connectivity index (χ2n) is 30.8. The SMILES string of the molecule is CCN(CC)c1ccc2c(-c3ccc(S(=O)(=O)NCCSSCC(CC(=O)C(CCCCNC(=O)CCC4=[N+]5C(=Cc6c(C)cc(C)n6[B-]5(F)F)C=C4)NC(=O)[C@@H](CC(=O)[C@H](Cc4ccccc4)NC(=O)CCCCC(=O)CC[C@H](NC(=O)N[C@@H](CCC(=O)O)OC=O)C(=O)O)Cc4ccccc4)C(=O)O)cc3S(=O)(=O)O)c3ccc(N(CC)CC)cc3[o+]c2c1. The number of aryl methyl sites for hydroxylation is 2. The number of Topliss-reactive ketones (excluding diaryl/α,β-unsaturated/α-hetero) is 3. The van der Waals surface area contributed by atoms with Gasteiger partial charge >= 0.3 is 42.1 Å². The van der Waals surface area contributed by atoms with E-state index in [1.807, 2.05) is 52.0 Å². The molecule has 38 heteroatoms. The number of anilines is 2. The van der Waals surface area contributed by atoms with Gasteiger partial charge in [-0.25, -0.2) is 27.1 Å². The van der Waals surface area contributed by atoms with Crippen molar-refractivity contribution < 1.29 is 112 Å². The highest BCUT2D eigenvalue weighted by Gasteiger charge is 2.52. The number of aliphatic carboxylic acids is 3. The predicted molar refractivity (Wildman–Crippen MR) is 478 cm³/mol. The Morgan fingerprint density at radius 1 is 0.619 bits per heavy atom. The fourth-order valence-electron chi connectivity index (χ4n) is 15.5. The smallest absolute Gasteiger partial charge is 0.481 e. The first kappa shape index (κ1) is 98.6. The maximum absolute atomic E-state index is 16.2. The first-order valence-electron chi connectivity index (χ1n) is 41.9. The fourth-order valence-corrected chi connectivity index (χ4v) is 19.7. The zero-order valence-electron chi connectivity index (χ0n) is 71.0. The highest BCUT2D eigenvalue weighted by Crippen LogP contribution is 2.43. The van der Waals surface area contributed by atoms with Crippen LogP contribution in [0.15, 0.2) is 153 Å². The molecule has 2 aliphatic rings. The Hall–Kier alpha value is -11.2. The first-order chi connectivity index (χ1) is 60.1. The number of benzene rings is 5. The van der Waals surface area contributed by atoms with Crippen LogP contribution < -0.4 is 41.1 Å². The lowest BCUT2D eigenvalue weighted by Crippen LogP contribution is -2.50. The van der Waals surface area contributed by atoms with Crippen LogP contribution in [0.25, 0.3) is 39.1 Å². The molecule has 0 spiro atoms. The van der Waals surface area contributed by atoms with Crippen LogP contribution >= 0.6 is 21.6 Å². The van der Waals surface area contributed by atoms with Gasteiger partial charge in [-0.05, 0) is 158 Å². The van der Waals surface area contributed by atoms with Crippen molar-refractivity contribution in [2.45, 2.75) is 185 Å². The van der Waals surface area contributed by atoms with Gasteiger partial charge in [0.15, 0.2) is 23.5 Å². The minimum absolute atomic E-state index is 0.00605. The Morgan fingerprint density at radius 3 is 1.84 bits per heavy atom. The Balaban J connectivity index is 0.866. The highest BCUT2D eigenvalue weighted by molar-refractivity contribution is 8.76. The van der Waals surface area contributed by atoms with Crippen molar-refractivity contribution in [1.29, 1.82) is 0 Å². The number of rotatable bonds is 54. The molecule has 5 aromatic carbocycles. The van der Waals surface area contributed by atoms with Crippen LogP contribution in [0.5, 0.6) is 0 Å². The predicted octanol–water partition coefficient (Wildman–Crippen LogP) is 11.6. The average molecular weight is 1820 g/mol. The zero-order chi connectivity index (χ0) is 91.6. The number of sulfonamides is 1. The van der Waals surface area contributed by atoms with Crippen molar-refractivity contribution in [2.75, 3.05) is 60.6 Å². The number of carbonyl (C=O) groups is 11. The quantitative estimate of drug-likeness (QED) is 0.00247. The van der Waals surface area contributed by atoms with Crippen molar-refractivity contribution in [3.05, 3.63) is 167 Å². The van der Waals surface area contributed by atoms with Crippen molar-refractivity contribution in [2.24, 2.45) is 11.8 Å². The van der Waals surface area contributed by atoms with Crippen LogP contribution in [0.4, 0.5) is 24.8 Å². The molecule has 0 radical (unpaired) electrons. The molecule has 7 aromatic rings. The highest BCUT2D eigenvalue weighted by atomic mass is 33.1. The van der Waals surface area contributed by atoms with Crippen LogP contribution in [-0.2, 0) is 85.7 Å². The number of allylic oxidation sites excluding steroid dienone is 2. The molecular weight excluding hydrogens is 1710 g/mol. The number of carboxylic acids is 3. The molecule has 5 amide bonds. The molecule has 4 heterocycles. The van der Waals surface area contributed by atoms with Gasteiger partial charge in [0, 0.05) is 154 Å². The third kappa shape index (κ3) is 27.2. The minimum Gasteiger partial charge on any atom is -0.481 e. The number of aromatic nitrogens is 1. The molecule has 0 saturated carbocycles. The number of hydrogen-bond acceptors (Lipinski definition) is 20. The number of hydrogen-bond donors (Lipinski definition) is 10. The first-order valence-corrected chi connectivity index (χ1v) is 47.3. The molecule has 0 saturated heterocycles. The standard InChI is InChI=1S/C88H107BF2N10O21S4/c1-7-98(8-2)63-30-35-68-77(51-63)122-78-52-64(99(9-3)10-4)31-36-69(78)84(68)70-37-34-67(53-79(70)126(118,119)120)125(116,117)93-43-44-123-124-54-61(86(111)112)49-75(104)71(26-19-20-42-92-80(106)39-32-62-28-29-65-50-74-56(5)45-57(6)100(74)89(90,91)101(62)65)95-85(110)60(46-58-21-13-11-14-22-58)48-76(105)73(47-59-23-15-12-16-24-59)94-81(107)27-18-17-25-66(103)33-38-72(87(113)114)96-88(115)97-82(121-55-102)40-41-83(108)109/h11-16,21-24,28-31,34-37,45,50-53,55,60-61,71-73,82,93H,7-10,17-20,25-27,32-33,38-44,46-49,54H2,1-6H3,(H8-,92,94,95,96,97,106,107,108,109,110,111,112,113,114,115,118,119,120)/p+1/t60-,61?,71?,72+,73+,82-/m1/s1. The Morgan fingerprint density at radius 2 is 1.24 bits per heavy atom. The third-order valence-electron chi connectivity index (χ3n) is 22.1. The lowest BCUT2D eigenvalue weighted by molar-refractivity contribution is -0.362. The molecule has 9 rings (SSSR count). The van der Waals surface area contributed by atoms with Crippen molar-refractivity contribution in [3.63, 3.8) is 0 Å². The van der Waals surface area contributed by atoms with E-state index in [-0.39, 0.29) is 132 Å². The minimum atomic E-state index is -5.14. The van der Waals surface area contributed by atoms with Crippen molar-refractivity contribution in [3.8, 4) is 11.1 Å². The summed E-state index contributed by atoms with van der Waals surface area (Å²) in [6, 6.07) is 28.2. The molecule has 676 valence electrons. The summed E-state index contributed by atoms with van der Waals surface area (Å²) in [6.45, 7) is 9.62. The number of fused-ring (bicyclic) bond motifs is 4. The zero-order valence-corrected chi connectivity index (χ0v) is 74.2. The van der Waals surface area contributed by atoms with Gasteiger partial charge in [-0.15, -0.1) is 0 Å². The Kier molecular flexibility index (Phi) is 36.3. The summed E-state index contributed by atoms with van der Waals surface area (Å²) in [5, 5.41) is 43.2. The van der Waals surface area contributed by atoms with Gasteiger partial charge in [0.05, 0.1) is 52.2 Å². The molecule has 6 atom stereocenters. The normalized spacial score (nSPS) is 14.3. The number of nitrogens with zero attached hydrogens (tertiary/aromatic N) is 4. The molecule has 126 heavy (non-hydrogen) atoms. The van der Waals surface area contributed by atoms with Crippen molar-refractivity contribution in [1.82, 2.24) is 35.8 Å². The number of ether oxygens (including phenoxy) is 1. The topological polar surface area (TPSA) is 444 Å². The number of urea groups is 1. The van der Waals surface area contributed by atoms with Gasteiger partial charge in [0.2, 0.25) is 27.7 Å². The van der Waals surface area contributed by atoms with Crippen molar-refractivity contribution >= 4 is 159 Å². The number of nitrogens with one attached hydrogen (secondary N) is 6. The summed E-state index contributed by atoms with van der Waals surface area (Å²) in [5.74, 6) is -10.4. The van der Waals surface area contributed by atoms with Crippen LogP contribution in [0.2, 0.25) is 0 Å². The van der Waals surface area contributed by atoms with E-state index in [2.05, 4.69) is 45.8 Å². The Labute approximate surface area is 738 Å². The van der Waals surface area contributed by atoms with Gasteiger partial charge in [0.25, 0.3) is 16.6 Å². The van der Waals surface area contributed by atoms with E-state index in [4.69, 9.17) is 9.52 Å². The van der Waals surface area contributed by atoms with Gasteiger partial charge < -0.3 is 74.0 Å². The summed E-state index contributed by atoms with van der Waals surface area (Å²) < 4.78 is 114. The molecule has 31 nitrogen and oxygen atoms in total.